The van der Waals surface area contributed by atoms with E-state index in [1.54, 1.807) is 0 Å². The van der Waals surface area contributed by atoms with Crippen LogP contribution in [0.25, 0.3) is 0 Å². The second kappa shape index (κ2) is 5.45. The van der Waals surface area contributed by atoms with Crippen LogP contribution in [0.1, 0.15) is 18.9 Å². The fourth-order valence-corrected chi connectivity index (χ4v) is 3.20. The van der Waals surface area contributed by atoms with Gasteiger partial charge in [0.05, 0.1) is 0 Å². The van der Waals surface area contributed by atoms with Gasteiger partial charge in [0.2, 0.25) is 5.91 Å². The molecule has 0 aliphatic carbocycles. The monoisotopic (exact) mass is 250 g/mol. The van der Waals surface area contributed by atoms with Gasteiger partial charge in [-0.25, -0.2) is 0 Å². The quantitative estimate of drug-likeness (QED) is 0.810. The molecule has 17 heavy (non-hydrogen) atoms. The van der Waals surface area contributed by atoms with Crippen molar-refractivity contribution in [2.24, 2.45) is 5.92 Å². The summed E-state index contributed by atoms with van der Waals surface area (Å²) < 4.78 is 0. The molecule has 1 unspecified atom stereocenters. The van der Waals surface area contributed by atoms with Crippen LogP contribution >= 0.6 is 11.8 Å². The largest absolute Gasteiger partial charge is 0.398 e. The van der Waals surface area contributed by atoms with E-state index < -0.39 is 0 Å². The molecule has 1 aliphatic heterocycles. The van der Waals surface area contributed by atoms with Gasteiger partial charge >= 0.3 is 0 Å². The average molecular weight is 250 g/mol. The van der Waals surface area contributed by atoms with Crippen LogP contribution in [0, 0.1) is 5.92 Å². The van der Waals surface area contributed by atoms with Crippen molar-refractivity contribution in [1.82, 2.24) is 0 Å². The van der Waals surface area contributed by atoms with Crippen molar-refractivity contribution in [2.45, 2.75) is 19.8 Å². The van der Waals surface area contributed by atoms with E-state index in [1.165, 1.54) is 0 Å². The molecule has 0 saturated carbocycles. The van der Waals surface area contributed by atoms with Gasteiger partial charge in [0.25, 0.3) is 0 Å². The molecule has 0 bridgehead atoms. The van der Waals surface area contributed by atoms with E-state index in [9.17, 15) is 4.79 Å². The standard InChI is InChI=1S/C13H18N2OS/c1-2-9-3-4-11(7-12(9)14)15-13(16)10-5-6-17-8-10/h3-4,7,10H,2,5-6,8,14H2,1H3,(H,15,16). The molecule has 1 atom stereocenters. The second-order valence-corrected chi connectivity index (χ2v) is 5.47. The molecular formula is C13H18N2OS. The third-order valence-electron chi connectivity index (χ3n) is 3.09. The first kappa shape index (κ1) is 12.3. The molecule has 1 aromatic carbocycles. The molecule has 0 spiro atoms. The molecule has 1 heterocycles. The number of nitrogens with two attached hydrogens (primary N) is 1. The first-order valence-electron chi connectivity index (χ1n) is 5.97. The van der Waals surface area contributed by atoms with Gasteiger partial charge in [0.1, 0.15) is 0 Å². The highest BCUT2D eigenvalue weighted by molar-refractivity contribution is 7.99. The predicted molar refractivity (Wildman–Crippen MR) is 74.3 cm³/mol. The van der Waals surface area contributed by atoms with Gasteiger partial charge in [0.15, 0.2) is 0 Å². The lowest BCUT2D eigenvalue weighted by Gasteiger charge is -2.11. The van der Waals surface area contributed by atoms with E-state index in [1.807, 2.05) is 30.0 Å². The predicted octanol–water partition coefficient (Wildman–Crippen LogP) is 2.52. The van der Waals surface area contributed by atoms with Crippen LogP contribution in [-0.2, 0) is 11.2 Å². The molecule has 3 nitrogen and oxygen atoms in total. The lowest BCUT2D eigenvalue weighted by Crippen LogP contribution is -2.22. The van der Waals surface area contributed by atoms with Crippen molar-refractivity contribution in [3.63, 3.8) is 0 Å². The molecule has 0 radical (unpaired) electrons. The molecule has 1 saturated heterocycles. The summed E-state index contributed by atoms with van der Waals surface area (Å²) in [6, 6.07) is 5.75. The van der Waals surface area contributed by atoms with Gasteiger partial charge in [-0.2, -0.15) is 11.8 Å². The highest BCUT2D eigenvalue weighted by Crippen LogP contribution is 2.25. The van der Waals surface area contributed by atoms with E-state index in [0.29, 0.717) is 0 Å². The summed E-state index contributed by atoms with van der Waals surface area (Å²) in [6.07, 6.45) is 1.90. The van der Waals surface area contributed by atoms with Gasteiger partial charge < -0.3 is 11.1 Å². The van der Waals surface area contributed by atoms with E-state index in [-0.39, 0.29) is 11.8 Å². The van der Waals surface area contributed by atoms with Crippen LogP contribution in [0.2, 0.25) is 0 Å². The summed E-state index contributed by atoms with van der Waals surface area (Å²) in [5.41, 5.74) is 8.59. The molecule has 1 aliphatic rings. The Bertz CT molecular complexity index is 414. The zero-order valence-corrected chi connectivity index (χ0v) is 10.8. The normalized spacial score (nSPS) is 19.2. The van der Waals surface area contributed by atoms with Gasteiger partial charge in [-0.1, -0.05) is 13.0 Å². The highest BCUT2D eigenvalue weighted by atomic mass is 32.2. The van der Waals surface area contributed by atoms with Crippen LogP contribution in [0.5, 0.6) is 0 Å². The Morgan fingerprint density at radius 2 is 2.41 bits per heavy atom. The number of benzene rings is 1. The molecule has 3 N–H and O–H groups in total. The van der Waals surface area contributed by atoms with Crippen molar-refractivity contribution in [3.05, 3.63) is 23.8 Å². The van der Waals surface area contributed by atoms with Crippen LogP contribution in [0.15, 0.2) is 18.2 Å². The minimum Gasteiger partial charge on any atom is -0.398 e. The fraction of sp³-hybridized carbons (Fsp3) is 0.462. The maximum absolute atomic E-state index is 11.9. The Morgan fingerprint density at radius 3 is 3.00 bits per heavy atom. The number of anilines is 2. The number of carbonyl (C=O) groups is 1. The van der Waals surface area contributed by atoms with Crippen molar-refractivity contribution >= 4 is 29.0 Å². The Morgan fingerprint density at radius 1 is 1.59 bits per heavy atom. The van der Waals surface area contributed by atoms with E-state index in [2.05, 4.69) is 12.2 Å². The van der Waals surface area contributed by atoms with Gasteiger partial charge in [-0.15, -0.1) is 0 Å². The van der Waals surface area contributed by atoms with Crippen LogP contribution in [-0.4, -0.2) is 17.4 Å². The summed E-state index contributed by atoms with van der Waals surface area (Å²) in [6.45, 7) is 2.07. The molecular weight excluding hydrogens is 232 g/mol. The molecule has 4 heteroatoms. The lowest BCUT2D eigenvalue weighted by molar-refractivity contribution is -0.119. The maximum Gasteiger partial charge on any atom is 0.228 e. The minimum atomic E-state index is 0.124. The number of hydrogen-bond donors (Lipinski definition) is 2. The Balaban J connectivity index is 2.03. The zero-order chi connectivity index (χ0) is 12.3. The van der Waals surface area contributed by atoms with Crippen molar-refractivity contribution in [1.29, 1.82) is 0 Å². The van der Waals surface area contributed by atoms with Crippen LogP contribution in [0.4, 0.5) is 11.4 Å². The minimum absolute atomic E-state index is 0.124. The summed E-state index contributed by atoms with van der Waals surface area (Å²) in [4.78, 5) is 11.9. The van der Waals surface area contributed by atoms with Crippen molar-refractivity contribution in [2.75, 3.05) is 22.6 Å². The van der Waals surface area contributed by atoms with E-state index in [0.717, 1.165) is 41.3 Å². The lowest BCUT2D eigenvalue weighted by atomic mass is 10.1. The number of carbonyl (C=O) groups excluding carboxylic acids is 1. The van der Waals surface area contributed by atoms with Gasteiger partial charge in [-0.05, 0) is 36.3 Å². The smallest absolute Gasteiger partial charge is 0.228 e. The maximum atomic E-state index is 11.9. The number of hydrogen-bond acceptors (Lipinski definition) is 3. The number of nitrogen functional groups attached to an aromatic ring is 1. The number of rotatable bonds is 3. The zero-order valence-electron chi connectivity index (χ0n) is 10.0. The summed E-state index contributed by atoms with van der Waals surface area (Å²) in [5, 5.41) is 2.94. The Kier molecular flexibility index (Phi) is 3.94. The molecule has 2 rings (SSSR count). The highest BCUT2D eigenvalue weighted by Gasteiger charge is 2.23. The SMILES string of the molecule is CCc1ccc(NC(=O)C2CCSC2)cc1N. The average Bonchev–Trinajstić information content (AvgIpc) is 2.82. The summed E-state index contributed by atoms with van der Waals surface area (Å²) >= 11 is 1.84. The number of aryl methyl sites for hydroxylation is 1. The Labute approximate surface area is 106 Å². The molecule has 1 amide bonds. The number of nitrogens with one attached hydrogen (secondary N) is 1. The third-order valence-corrected chi connectivity index (χ3v) is 4.26. The fourth-order valence-electron chi connectivity index (χ4n) is 1.98. The van der Waals surface area contributed by atoms with Gasteiger partial charge in [-0.3, -0.25) is 4.79 Å². The van der Waals surface area contributed by atoms with Crippen molar-refractivity contribution in [3.8, 4) is 0 Å². The molecule has 1 fully saturated rings. The summed E-state index contributed by atoms with van der Waals surface area (Å²) in [5.74, 6) is 2.31. The molecule has 1 aromatic rings. The summed E-state index contributed by atoms with van der Waals surface area (Å²) in [7, 11) is 0. The topological polar surface area (TPSA) is 55.1 Å². The molecule has 0 aromatic heterocycles. The first-order valence-corrected chi connectivity index (χ1v) is 7.13. The number of amides is 1. The Hall–Kier alpha value is -1.16. The van der Waals surface area contributed by atoms with E-state index in [4.69, 9.17) is 5.73 Å². The third kappa shape index (κ3) is 2.94. The van der Waals surface area contributed by atoms with Crippen LogP contribution < -0.4 is 11.1 Å². The first-order chi connectivity index (χ1) is 8.20. The molecule has 92 valence electrons. The van der Waals surface area contributed by atoms with Gasteiger partial charge in [0, 0.05) is 23.0 Å². The van der Waals surface area contributed by atoms with Crippen molar-refractivity contribution < 1.29 is 4.79 Å². The number of thioether (sulfide) groups is 1. The van der Waals surface area contributed by atoms with Crippen LogP contribution in [0.3, 0.4) is 0 Å². The van der Waals surface area contributed by atoms with E-state index >= 15 is 0 Å². The second-order valence-electron chi connectivity index (χ2n) is 4.32.